The van der Waals surface area contributed by atoms with Crippen molar-refractivity contribution in [2.45, 2.75) is 37.7 Å². The minimum absolute atomic E-state index is 0.0255. The summed E-state index contributed by atoms with van der Waals surface area (Å²) in [5.74, 6) is 4.56. The molecule has 3 heterocycles. The molecule has 0 atom stereocenters. The van der Waals surface area contributed by atoms with Gasteiger partial charge in [0.15, 0.2) is 0 Å². The summed E-state index contributed by atoms with van der Waals surface area (Å²) in [7, 11) is 0. The molecule has 1 N–H and O–H groups in total. The van der Waals surface area contributed by atoms with Gasteiger partial charge in [0.1, 0.15) is 11.6 Å². The van der Waals surface area contributed by atoms with Gasteiger partial charge in [-0.25, -0.2) is 14.8 Å². The van der Waals surface area contributed by atoms with Crippen molar-refractivity contribution in [3.63, 3.8) is 0 Å². The highest BCUT2D eigenvalue weighted by atomic mass is 32.2. The van der Waals surface area contributed by atoms with E-state index in [0.29, 0.717) is 23.6 Å². The summed E-state index contributed by atoms with van der Waals surface area (Å²) in [5.41, 5.74) is 3.16. The molecule has 2 aliphatic rings. The second-order valence-corrected chi connectivity index (χ2v) is 11.1. The van der Waals surface area contributed by atoms with E-state index in [1.165, 1.54) is 23.5 Å². The molecule has 2 amide bonds. The monoisotopic (exact) mass is 457 g/mol. The molecule has 1 aromatic carbocycles. The second-order valence-electron chi connectivity index (χ2n) is 8.34. The van der Waals surface area contributed by atoms with Crippen LogP contribution in [0.25, 0.3) is 0 Å². The lowest BCUT2D eigenvalue weighted by molar-refractivity contribution is 0.208. The number of nitrogens with one attached hydrogen (secondary N) is 1. The Kier molecular flexibility index (Phi) is 7.27. The van der Waals surface area contributed by atoms with Gasteiger partial charge in [0, 0.05) is 49.5 Å². The molecular formula is C23H31N5OS2. The minimum Gasteiger partial charge on any atom is -0.353 e. The van der Waals surface area contributed by atoms with Crippen LogP contribution >= 0.6 is 23.5 Å². The van der Waals surface area contributed by atoms with E-state index in [9.17, 15) is 4.79 Å². The summed E-state index contributed by atoms with van der Waals surface area (Å²) in [5, 5.41) is 3.10. The largest absolute Gasteiger partial charge is 0.353 e. The molecule has 2 fully saturated rings. The van der Waals surface area contributed by atoms with Gasteiger partial charge in [-0.3, -0.25) is 0 Å². The van der Waals surface area contributed by atoms with Crippen LogP contribution < -0.4 is 10.2 Å². The standard InChI is InChI=1S/C23H31N5OS2/c1-16(2)21-24-17(3)14-20(26-21)27-8-10-28(11-9-27)23(29)25-19-7-4-6-18(15-19)22-30-12-5-13-31-22/h4,6-7,14-16,22H,5,8-13H2,1-3H3,(H,25,29). The Bertz CT molecular complexity index is 909. The summed E-state index contributed by atoms with van der Waals surface area (Å²) in [6, 6.07) is 10.3. The molecule has 4 rings (SSSR count). The first kappa shape index (κ1) is 22.3. The van der Waals surface area contributed by atoms with E-state index in [-0.39, 0.29) is 6.03 Å². The Balaban J connectivity index is 1.35. The number of rotatable bonds is 4. The van der Waals surface area contributed by atoms with Crippen molar-refractivity contribution in [1.29, 1.82) is 0 Å². The Hall–Kier alpha value is -1.93. The number of carbonyl (C=O) groups is 1. The summed E-state index contributed by atoms with van der Waals surface area (Å²) in [4.78, 5) is 26.3. The average Bonchev–Trinajstić information content (AvgIpc) is 2.79. The number of anilines is 2. The van der Waals surface area contributed by atoms with Crippen LogP contribution in [0, 0.1) is 6.92 Å². The van der Waals surface area contributed by atoms with Gasteiger partial charge < -0.3 is 15.1 Å². The molecule has 0 bridgehead atoms. The maximum atomic E-state index is 12.9. The van der Waals surface area contributed by atoms with Crippen LogP contribution in [0.1, 0.15) is 47.8 Å². The Morgan fingerprint density at radius 2 is 1.84 bits per heavy atom. The van der Waals surface area contributed by atoms with E-state index in [1.807, 2.05) is 53.5 Å². The minimum atomic E-state index is -0.0255. The van der Waals surface area contributed by atoms with Crippen LogP contribution in [0.15, 0.2) is 30.3 Å². The first-order chi connectivity index (χ1) is 15.0. The first-order valence-electron chi connectivity index (χ1n) is 11.0. The van der Waals surface area contributed by atoms with Crippen LogP contribution in [-0.2, 0) is 0 Å². The molecular weight excluding hydrogens is 426 g/mol. The van der Waals surface area contributed by atoms with E-state index in [4.69, 9.17) is 4.98 Å². The number of piperazine rings is 1. The zero-order valence-electron chi connectivity index (χ0n) is 18.5. The van der Waals surface area contributed by atoms with Crippen molar-refractivity contribution >= 4 is 41.1 Å². The number of nitrogens with zero attached hydrogens (tertiary/aromatic N) is 4. The van der Waals surface area contributed by atoms with Gasteiger partial charge in [-0.2, -0.15) is 0 Å². The quantitative estimate of drug-likeness (QED) is 0.687. The van der Waals surface area contributed by atoms with Crippen molar-refractivity contribution in [1.82, 2.24) is 14.9 Å². The van der Waals surface area contributed by atoms with Crippen molar-refractivity contribution < 1.29 is 4.79 Å². The fourth-order valence-electron chi connectivity index (χ4n) is 3.78. The zero-order valence-corrected chi connectivity index (χ0v) is 20.1. The third kappa shape index (κ3) is 5.66. The van der Waals surface area contributed by atoms with Gasteiger partial charge in [0.05, 0.1) is 4.58 Å². The van der Waals surface area contributed by atoms with E-state index >= 15 is 0 Å². The van der Waals surface area contributed by atoms with E-state index < -0.39 is 0 Å². The fraction of sp³-hybridized carbons (Fsp3) is 0.522. The van der Waals surface area contributed by atoms with E-state index in [1.54, 1.807) is 0 Å². The number of aryl methyl sites for hydroxylation is 1. The number of thioether (sulfide) groups is 2. The lowest BCUT2D eigenvalue weighted by Gasteiger charge is -2.35. The number of carbonyl (C=O) groups excluding carboxylic acids is 1. The molecule has 2 saturated heterocycles. The van der Waals surface area contributed by atoms with Gasteiger partial charge in [0.2, 0.25) is 0 Å². The Morgan fingerprint density at radius 3 is 2.55 bits per heavy atom. The molecule has 0 unspecified atom stereocenters. The van der Waals surface area contributed by atoms with Gasteiger partial charge in [-0.15, -0.1) is 23.5 Å². The van der Waals surface area contributed by atoms with E-state index in [0.717, 1.165) is 36.1 Å². The molecule has 0 radical (unpaired) electrons. The summed E-state index contributed by atoms with van der Waals surface area (Å²) in [6.45, 7) is 9.15. The topological polar surface area (TPSA) is 61.4 Å². The second kappa shape index (κ2) is 10.1. The van der Waals surface area contributed by atoms with E-state index in [2.05, 4.69) is 41.2 Å². The lowest BCUT2D eigenvalue weighted by Crippen LogP contribution is -2.50. The number of benzene rings is 1. The molecule has 166 valence electrons. The smallest absolute Gasteiger partial charge is 0.321 e. The highest BCUT2D eigenvalue weighted by Gasteiger charge is 2.23. The Labute approximate surface area is 193 Å². The molecule has 31 heavy (non-hydrogen) atoms. The fourth-order valence-corrected chi connectivity index (χ4v) is 6.65. The predicted molar refractivity (Wildman–Crippen MR) is 132 cm³/mol. The lowest BCUT2D eigenvalue weighted by atomic mass is 10.2. The van der Waals surface area contributed by atoms with Crippen molar-refractivity contribution in [2.24, 2.45) is 0 Å². The predicted octanol–water partition coefficient (Wildman–Crippen LogP) is 5.13. The van der Waals surface area contributed by atoms with Gasteiger partial charge >= 0.3 is 6.03 Å². The Morgan fingerprint density at radius 1 is 1.10 bits per heavy atom. The molecule has 8 heteroatoms. The summed E-state index contributed by atoms with van der Waals surface area (Å²) in [6.07, 6.45) is 1.28. The maximum Gasteiger partial charge on any atom is 0.321 e. The first-order valence-corrected chi connectivity index (χ1v) is 13.1. The average molecular weight is 458 g/mol. The summed E-state index contributed by atoms with van der Waals surface area (Å²) >= 11 is 4.00. The molecule has 0 aliphatic carbocycles. The number of urea groups is 1. The summed E-state index contributed by atoms with van der Waals surface area (Å²) < 4.78 is 0.473. The number of aromatic nitrogens is 2. The van der Waals surface area contributed by atoms with Crippen molar-refractivity contribution in [3.05, 3.63) is 47.4 Å². The number of hydrogen-bond acceptors (Lipinski definition) is 6. The third-order valence-electron chi connectivity index (χ3n) is 5.50. The van der Waals surface area contributed by atoms with Gasteiger partial charge in [0.25, 0.3) is 0 Å². The zero-order chi connectivity index (χ0) is 21.8. The van der Waals surface area contributed by atoms with Gasteiger partial charge in [-0.05, 0) is 42.5 Å². The van der Waals surface area contributed by atoms with Crippen LogP contribution in [0.5, 0.6) is 0 Å². The molecule has 2 aromatic rings. The molecule has 2 aliphatic heterocycles. The van der Waals surface area contributed by atoms with Crippen LogP contribution in [-0.4, -0.2) is 58.6 Å². The molecule has 1 aromatic heterocycles. The van der Waals surface area contributed by atoms with Gasteiger partial charge in [-0.1, -0.05) is 26.0 Å². The highest BCUT2D eigenvalue weighted by Crippen LogP contribution is 2.44. The number of amides is 2. The van der Waals surface area contributed by atoms with Crippen LogP contribution in [0.3, 0.4) is 0 Å². The SMILES string of the molecule is Cc1cc(N2CCN(C(=O)Nc3cccc(C4SCCCS4)c3)CC2)nc(C(C)C)n1. The third-order valence-corrected chi connectivity index (χ3v) is 8.52. The van der Waals surface area contributed by atoms with Crippen LogP contribution in [0.2, 0.25) is 0 Å². The van der Waals surface area contributed by atoms with Crippen LogP contribution in [0.4, 0.5) is 16.3 Å². The molecule has 6 nitrogen and oxygen atoms in total. The van der Waals surface area contributed by atoms with Crippen molar-refractivity contribution in [3.8, 4) is 0 Å². The highest BCUT2D eigenvalue weighted by molar-refractivity contribution is 8.16. The van der Waals surface area contributed by atoms with Crippen molar-refractivity contribution in [2.75, 3.05) is 47.9 Å². The normalized spacial score (nSPS) is 17.8. The number of hydrogen-bond donors (Lipinski definition) is 1. The molecule has 0 spiro atoms. The maximum absolute atomic E-state index is 12.9. The molecule has 0 saturated carbocycles.